The molecule has 0 fully saturated rings. The maximum absolute atomic E-state index is 12.0. The van der Waals surface area contributed by atoms with E-state index < -0.39 is 18.1 Å². The number of primary amides is 1. The maximum Gasteiger partial charge on any atom is 0.312 e. The molecule has 0 aliphatic carbocycles. The van der Waals surface area contributed by atoms with Crippen LogP contribution >= 0.6 is 0 Å². The first-order chi connectivity index (χ1) is 8.41. The van der Waals surface area contributed by atoms with Crippen LogP contribution in [0.5, 0.6) is 0 Å². The van der Waals surface area contributed by atoms with Gasteiger partial charge in [-0.1, -0.05) is 19.1 Å². The molecule has 0 bridgehead atoms. The molecule has 3 amide bonds. The van der Waals surface area contributed by atoms with Crippen molar-refractivity contribution >= 4 is 11.9 Å². The van der Waals surface area contributed by atoms with Gasteiger partial charge in [0.25, 0.3) is 0 Å². The Hall–Kier alpha value is -2.19. The van der Waals surface area contributed by atoms with Gasteiger partial charge >= 0.3 is 6.03 Å². The van der Waals surface area contributed by atoms with Crippen LogP contribution in [0, 0.1) is 5.92 Å². The highest BCUT2D eigenvalue weighted by atomic mass is 16.2. The minimum Gasteiger partial charge on any atom is -0.352 e. The van der Waals surface area contributed by atoms with Gasteiger partial charge in [-0.3, -0.25) is 4.79 Å². The third kappa shape index (κ3) is 3.68. The number of nitrogens with zero attached hydrogens (tertiary/aromatic N) is 3. The van der Waals surface area contributed by atoms with Gasteiger partial charge in [-0.25, -0.2) is 4.79 Å². The van der Waals surface area contributed by atoms with Gasteiger partial charge < -0.3 is 16.4 Å². The van der Waals surface area contributed by atoms with Crippen LogP contribution in [0.2, 0.25) is 0 Å². The molecule has 2 atom stereocenters. The van der Waals surface area contributed by atoms with Crippen LogP contribution in [0.1, 0.15) is 32.6 Å². The topological polar surface area (TPSA) is 139 Å². The highest BCUT2D eigenvalue weighted by Crippen LogP contribution is 2.07. The SMILES string of the molecule is CC(NC(=O)C(NC(N)=O)C(C)C)c1nn[nH]n1. The fourth-order valence-corrected chi connectivity index (χ4v) is 1.41. The van der Waals surface area contributed by atoms with Crippen LogP contribution < -0.4 is 16.4 Å². The molecule has 5 N–H and O–H groups in total. The van der Waals surface area contributed by atoms with Gasteiger partial charge in [0.1, 0.15) is 6.04 Å². The van der Waals surface area contributed by atoms with Crippen molar-refractivity contribution in [2.24, 2.45) is 11.7 Å². The molecule has 0 aromatic carbocycles. The molecule has 0 aliphatic rings. The zero-order valence-corrected chi connectivity index (χ0v) is 10.5. The Morgan fingerprint density at radius 3 is 2.39 bits per heavy atom. The van der Waals surface area contributed by atoms with Crippen molar-refractivity contribution in [3.63, 3.8) is 0 Å². The van der Waals surface area contributed by atoms with Gasteiger partial charge in [-0.2, -0.15) is 5.21 Å². The molecule has 1 rings (SSSR count). The number of aromatic amines is 1. The average molecular weight is 255 g/mol. The van der Waals surface area contributed by atoms with Crippen molar-refractivity contribution in [2.75, 3.05) is 0 Å². The highest BCUT2D eigenvalue weighted by molar-refractivity contribution is 5.86. The largest absolute Gasteiger partial charge is 0.352 e. The molecule has 18 heavy (non-hydrogen) atoms. The summed E-state index contributed by atoms with van der Waals surface area (Å²) in [5.41, 5.74) is 5.02. The van der Waals surface area contributed by atoms with E-state index in [-0.39, 0.29) is 11.8 Å². The first-order valence-corrected chi connectivity index (χ1v) is 5.51. The third-order valence-corrected chi connectivity index (χ3v) is 2.35. The summed E-state index contributed by atoms with van der Waals surface area (Å²) in [6.07, 6.45) is 0. The molecular formula is C9H17N7O2. The van der Waals surface area contributed by atoms with Crippen molar-refractivity contribution < 1.29 is 9.59 Å². The Kier molecular flexibility index (Phi) is 4.58. The Morgan fingerprint density at radius 2 is 1.94 bits per heavy atom. The highest BCUT2D eigenvalue weighted by Gasteiger charge is 2.25. The van der Waals surface area contributed by atoms with Gasteiger partial charge in [-0.05, 0) is 12.8 Å². The Labute approximate surface area is 104 Å². The minimum atomic E-state index is -0.740. The van der Waals surface area contributed by atoms with Crippen LogP contribution in [-0.2, 0) is 4.79 Å². The molecule has 2 unspecified atom stereocenters. The number of nitrogens with one attached hydrogen (secondary N) is 3. The summed E-state index contributed by atoms with van der Waals surface area (Å²) in [6, 6.07) is -1.85. The summed E-state index contributed by atoms with van der Waals surface area (Å²) >= 11 is 0. The molecule has 0 saturated heterocycles. The van der Waals surface area contributed by atoms with Crippen LogP contribution in [0.3, 0.4) is 0 Å². The standard InChI is InChI=1S/C9H17N7O2/c1-4(2)6(12-9(10)18)8(17)11-5(3)7-13-15-16-14-7/h4-6H,1-3H3,(H,11,17)(H3,10,12,18)(H,13,14,15,16). The minimum absolute atomic E-state index is 0.0880. The summed E-state index contributed by atoms with van der Waals surface area (Å²) in [5.74, 6) is -0.0685. The molecule has 1 aromatic rings. The predicted molar refractivity (Wildman–Crippen MR) is 62.1 cm³/mol. The zero-order valence-electron chi connectivity index (χ0n) is 10.5. The molecule has 9 heteroatoms. The molecule has 0 spiro atoms. The van der Waals surface area contributed by atoms with E-state index in [0.717, 1.165) is 0 Å². The second-order valence-electron chi connectivity index (χ2n) is 4.23. The van der Waals surface area contributed by atoms with Gasteiger partial charge in [0.15, 0.2) is 5.82 Å². The predicted octanol–water partition coefficient (Wildman–Crippen LogP) is -0.930. The summed E-state index contributed by atoms with van der Waals surface area (Å²) in [4.78, 5) is 22.8. The van der Waals surface area contributed by atoms with E-state index in [1.807, 2.05) is 0 Å². The van der Waals surface area contributed by atoms with Gasteiger partial charge in [-0.15, -0.1) is 10.2 Å². The molecule has 0 radical (unpaired) electrons. The van der Waals surface area contributed by atoms with E-state index in [4.69, 9.17) is 5.73 Å². The fourth-order valence-electron chi connectivity index (χ4n) is 1.41. The molecule has 9 nitrogen and oxygen atoms in total. The van der Waals surface area contributed by atoms with E-state index >= 15 is 0 Å². The lowest BCUT2D eigenvalue weighted by Gasteiger charge is -2.22. The molecule has 1 aromatic heterocycles. The lowest BCUT2D eigenvalue weighted by atomic mass is 10.0. The fraction of sp³-hybridized carbons (Fsp3) is 0.667. The Morgan fingerprint density at radius 1 is 1.28 bits per heavy atom. The smallest absolute Gasteiger partial charge is 0.312 e. The lowest BCUT2D eigenvalue weighted by Crippen LogP contribution is -2.51. The molecule has 1 heterocycles. The Bertz CT molecular complexity index is 403. The Balaban J connectivity index is 2.64. The number of nitrogens with two attached hydrogens (primary N) is 1. The number of carbonyl (C=O) groups excluding carboxylic acids is 2. The van der Waals surface area contributed by atoms with Crippen LogP contribution in [-0.4, -0.2) is 38.6 Å². The lowest BCUT2D eigenvalue weighted by molar-refractivity contribution is -0.124. The number of urea groups is 1. The molecular weight excluding hydrogens is 238 g/mol. The van der Waals surface area contributed by atoms with Gasteiger partial charge in [0.05, 0.1) is 6.04 Å². The summed E-state index contributed by atoms with van der Waals surface area (Å²) in [6.45, 7) is 5.32. The third-order valence-electron chi connectivity index (χ3n) is 2.35. The number of hydrogen-bond donors (Lipinski definition) is 4. The normalized spacial score (nSPS) is 14.0. The van der Waals surface area contributed by atoms with Crippen molar-refractivity contribution in [1.29, 1.82) is 0 Å². The van der Waals surface area contributed by atoms with Crippen molar-refractivity contribution in [3.8, 4) is 0 Å². The quantitative estimate of drug-likeness (QED) is 0.538. The van der Waals surface area contributed by atoms with Crippen molar-refractivity contribution in [3.05, 3.63) is 5.82 Å². The van der Waals surface area contributed by atoms with E-state index in [9.17, 15) is 9.59 Å². The first kappa shape index (κ1) is 13.9. The van der Waals surface area contributed by atoms with Crippen LogP contribution in [0.15, 0.2) is 0 Å². The molecule has 100 valence electrons. The number of carbonyl (C=O) groups is 2. The van der Waals surface area contributed by atoms with E-state index in [1.165, 1.54) is 0 Å². The van der Waals surface area contributed by atoms with Crippen molar-refractivity contribution in [2.45, 2.75) is 32.9 Å². The second kappa shape index (κ2) is 5.94. The first-order valence-electron chi connectivity index (χ1n) is 5.51. The van der Waals surface area contributed by atoms with Crippen molar-refractivity contribution in [1.82, 2.24) is 31.3 Å². The van der Waals surface area contributed by atoms with Gasteiger partial charge in [0, 0.05) is 0 Å². The van der Waals surface area contributed by atoms with Gasteiger partial charge in [0.2, 0.25) is 5.91 Å². The number of amides is 3. The second-order valence-corrected chi connectivity index (χ2v) is 4.23. The molecule has 0 saturated carbocycles. The number of H-pyrrole nitrogens is 1. The van der Waals surface area contributed by atoms with E-state index in [2.05, 4.69) is 31.3 Å². The number of rotatable bonds is 5. The molecule has 0 aliphatic heterocycles. The zero-order chi connectivity index (χ0) is 13.7. The summed E-state index contributed by atoms with van der Waals surface area (Å²) in [5, 5.41) is 18.3. The van der Waals surface area contributed by atoms with E-state index in [0.29, 0.717) is 5.82 Å². The summed E-state index contributed by atoms with van der Waals surface area (Å²) < 4.78 is 0. The summed E-state index contributed by atoms with van der Waals surface area (Å²) in [7, 11) is 0. The number of tetrazole rings is 1. The number of aromatic nitrogens is 4. The number of hydrogen-bond acceptors (Lipinski definition) is 5. The monoisotopic (exact) mass is 255 g/mol. The van der Waals surface area contributed by atoms with Crippen LogP contribution in [0.25, 0.3) is 0 Å². The van der Waals surface area contributed by atoms with E-state index in [1.54, 1.807) is 20.8 Å². The van der Waals surface area contributed by atoms with Crippen LogP contribution in [0.4, 0.5) is 4.79 Å². The maximum atomic E-state index is 12.0. The average Bonchev–Trinajstić information content (AvgIpc) is 2.78.